The Morgan fingerprint density at radius 2 is 1.82 bits per heavy atom. The number of aryl methyl sites for hydroxylation is 3. The molecule has 0 unspecified atom stereocenters. The lowest BCUT2D eigenvalue weighted by Gasteiger charge is -2.12. The number of benzene rings is 1. The summed E-state index contributed by atoms with van der Waals surface area (Å²) in [5.41, 5.74) is 6.68. The van der Waals surface area contributed by atoms with Gasteiger partial charge in [0.15, 0.2) is 5.82 Å². The number of nitrogens with zero attached hydrogens (tertiary/aromatic N) is 5. The fourth-order valence-corrected chi connectivity index (χ4v) is 5.25. The number of pyridine rings is 2. The van der Waals surface area contributed by atoms with E-state index < -0.39 is 5.97 Å². The summed E-state index contributed by atoms with van der Waals surface area (Å²) in [6.45, 7) is 5.07. The Morgan fingerprint density at radius 3 is 2.56 bits per heavy atom. The minimum Gasteiger partial charge on any atom is -0.494 e. The summed E-state index contributed by atoms with van der Waals surface area (Å²) in [5, 5.41) is 1.05. The fraction of sp³-hybridized carbons (Fsp3) is 0.355. The second kappa shape index (κ2) is 11.3. The van der Waals surface area contributed by atoms with E-state index in [1.54, 1.807) is 25.4 Å². The summed E-state index contributed by atoms with van der Waals surface area (Å²) in [6, 6.07) is 13.8. The predicted molar refractivity (Wildman–Crippen MR) is 154 cm³/mol. The summed E-state index contributed by atoms with van der Waals surface area (Å²) < 4.78 is 14.9. The molecular formula is C31H35N5O3. The number of imidazole rings is 1. The molecule has 0 saturated carbocycles. The molecule has 0 aliphatic carbocycles. The highest BCUT2D eigenvalue weighted by atomic mass is 16.5. The van der Waals surface area contributed by atoms with Crippen LogP contribution in [-0.4, -0.2) is 44.3 Å². The monoisotopic (exact) mass is 525 g/mol. The van der Waals surface area contributed by atoms with Crippen LogP contribution in [0.25, 0.3) is 44.8 Å². The van der Waals surface area contributed by atoms with Crippen LogP contribution in [-0.2, 0) is 18.3 Å². The van der Waals surface area contributed by atoms with Gasteiger partial charge in [0.2, 0.25) is 0 Å². The van der Waals surface area contributed by atoms with Crippen LogP contribution in [0.2, 0.25) is 0 Å². The first kappa shape index (κ1) is 26.4. The lowest BCUT2D eigenvalue weighted by atomic mass is 10.1. The van der Waals surface area contributed by atoms with Crippen molar-refractivity contribution in [3.63, 3.8) is 0 Å². The Bertz CT molecular complexity index is 1650. The van der Waals surface area contributed by atoms with Gasteiger partial charge in [0.1, 0.15) is 16.9 Å². The van der Waals surface area contributed by atoms with Crippen LogP contribution in [0, 0.1) is 6.92 Å². The van der Waals surface area contributed by atoms with E-state index in [1.165, 1.54) is 26.4 Å². The van der Waals surface area contributed by atoms with Crippen molar-refractivity contribution in [2.45, 2.75) is 52.5 Å². The molecule has 0 radical (unpaired) electrons. The van der Waals surface area contributed by atoms with Crippen molar-refractivity contribution in [3.05, 3.63) is 59.9 Å². The number of methoxy groups -OCH3 is 2. The Morgan fingerprint density at radius 1 is 1.00 bits per heavy atom. The Balaban J connectivity index is 1.67. The maximum atomic E-state index is 12.3. The van der Waals surface area contributed by atoms with Gasteiger partial charge in [-0.25, -0.2) is 14.8 Å². The third kappa shape index (κ3) is 4.99. The van der Waals surface area contributed by atoms with E-state index in [-0.39, 0.29) is 0 Å². The summed E-state index contributed by atoms with van der Waals surface area (Å²) >= 11 is 0. The number of rotatable bonds is 10. The molecule has 8 nitrogen and oxygen atoms in total. The third-order valence-electron chi connectivity index (χ3n) is 7.32. The van der Waals surface area contributed by atoms with Crippen molar-refractivity contribution in [2.75, 3.05) is 14.2 Å². The van der Waals surface area contributed by atoms with Gasteiger partial charge in [0.05, 0.1) is 36.7 Å². The van der Waals surface area contributed by atoms with Gasteiger partial charge in [-0.1, -0.05) is 32.6 Å². The second-order valence-corrected chi connectivity index (χ2v) is 9.87. The first-order chi connectivity index (χ1) is 19.0. The minimum atomic E-state index is -0.425. The molecule has 0 spiro atoms. The van der Waals surface area contributed by atoms with Crippen LogP contribution in [0.15, 0.2) is 48.7 Å². The van der Waals surface area contributed by atoms with E-state index >= 15 is 0 Å². The number of carbonyl (C=O) groups is 1. The summed E-state index contributed by atoms with van der Waals surface area (Å²) in [5.74, 6) is 0.936. The second-order valence-electron chi connectivity index (χ2n) is 9.87. The first-order valence-electron chi connectivity index (χ1n) is 13.5. The third-order valence-corrected chi connectivity index (χ3v) is 7.32. The van der Waals surface area contributed by atoms with Gasteiger partial charge in [-0.05, 0) is 55.8 Å². The molecule has 0 saturated heterocycles. The Hall–Kier alpha value is -4.20. The largest absolute Gasteiger partial charge is 0.494 e. The average Bonchev–Trinajstić information content (AvgIpc) is 3.48. The zero-order chi connectivity index (χ0) is 27.5. The molecule has 0 N–H and O–H groups in total. The lowest BCUT2D eigenvalue weighted by molar-refractivity contribution is 0.0600. The van der Waals surface area contributed by atoms with Crippen LogP contribution < -0.4 is 4.74 Å². The molecule has 5 rings (SSSR count). The number of aromatic nitrogens is 5. The highest BCUT2D eigenvalue weighted by Gasteiger charge is 2.22. The number of hydrogen-bond acceptors (Lipinski definition) is 6. The molecule has 4 aromatic heterocycles. The topological polar surface area (TPSA) is 84.1 Å². The van der Waals surface area contributed by atoms with Crippen LogP contribution >= 0.6 is 0 Å². The van der Waals surface area contributed by atoms with Crippen molar-refractivity contribution in [1.29, 1.82) is 0 Å². The molecule has 8 heteroatoms. The molecule has 0 amide bonds. The van der Waals surface area contributed by atoms with E-state index in [9.17, 15) is 4.79 Å². The van der Waals surface area contributed by atoms with Crippen LogP contribution in [0.1, 0.15) is 55.1 Å². The average molecular weight is 526 g/mol. The number of unbranched alkanes of at least 4 members (excludes halogenated alkanes) is 4. The summed E-state index contributed by atoms with van der Waals surface area (Å²) in [4.78, 5) is 26.9. The van der Waals surface area contributed by atoms with E-state index in [1.807, 2.05) is 24.6 Å². The molecule has 4 heterocycles. The quantitative estimate of drug-likeness (QED) is 0.149. The van der Waals surface area contributed by atoms with E-state index in [4.69, 9.17) is 19.4 Å². The van der Waals surface area contributed by atoms with Crippen molar-refractivity contribution < 1.29 is 14.3 Å². The Labute approximate surface area is 228 Å². The predicted octanol–water partition coefficient (Wildman–Crippen LogP) is 6.73. The van der Waals surface area contributed by atoms with Gasteiger partial charge in [-0.2, -0.15) is 0 Å². The number of hydrogen-bond donors (Lipinski definition) is 0. The molecule has 0 fully saturated rings. The first-order valence-corrected chi connectivity index (χ1v) is 13.5. The molecular weight excluding hydrogens is 490 g/mol. The molecule has 0 aliphatic rings. The van der Waals surface area contributed by atoms with Gasteiger partial charge in [0, 0.05) is 36.4 Å². The number of fused-ring (bicyclic) bond motifs is 2. The molecule has 0 aliphatic heterocycles. The van der Waals surface area contributed by atoms with E-state index in [0.717, 1.165) is 64.4 Å². The maximum Gasteiger partial charge on any atom is 0.338 e. The van der Waals surface area contributed by atoms with Crippen molar-refractivity contribution in [2.24, 2.45) is 7.05 Å². The fourth-order valence-electron chi connectivity index (χ4n) is 5.25. The Kier molecular flexibility index (Phi) is 7.63. The molecule has 0 bridgehead atoms. The van der Waals surface area contributed by atoms with Crippen molar-refractivity contribution in [3.8, 4) is 28.5 Å². The van der Waals surface area contributed by atoms with Gasteiger partial charge >= 0.3 is 5.97 Å². The zero-order valence-electron chi connectivity index (χ0n) is 23.3. The highest BCUT2D eigenvalue weighted by Crippen LogP contribution is 2.35. The maximum absolute atomic E-state index is 12.3. The zero-order valence-corrected chi connectivity index (χ0v) is 23.3. The standard InChI is InChI=1S/C31H35N5O3/c1-6-7-8-9-10-16-36-26(18-21-13-14-24(33-29(21)36)23-12-11-15-32-20(23)2)30-34-25-17-22(31(37)39-5)19-27(38-4)28(25)35(30)3/h11-15,17-19H,6-10,16H2,1-5H3. The molecule has 1 aromatic carbocycles. The SMILES string of the molecule is CCCCCCCn1c(-c2nc3cc(C(=O)OC)cc(OC)c3n2C)cc2ccc(-c3cccnc3C)nc21. The van der Waals surface area contributed by atoms with Gasteiger partial charge < -0.3 is 18.6 Å². The molecule has 202 valence electrons. The number of ether oxygens (including phenoxy) is 2. The number of esters is 1. The molecule has 39 heavy (non-hydrogen) atoms. The van der Waals surface area contributed by atoms with Gasteiger partial charge in [0.25, 0.3) is 0 Å². The number of carbonyl (C=O) groups excluding carboxylic acids is 1. The van der Waals surface area contributed by atoms with E-state index in [0.29, 0.717) is 16.8 Å². The smallest absolute Gasteiger partial charge is 0.338 e. The normalized spacial score (nSPS) is 11.4. The molecule has 5 aromatic rings. The summed E-state index contributed by atoms with van der Waals surface area (Å²) in [6.07, 6.45) is 7.69. The molecule has 0 atom stereocenters. The van der Waals surface area contributed by atoms with Crippen molar-refractivity contribution >= 4 is 28.0 Å². The van der Waals surface area contributed by atoms with Crippen LogP contribution in [0.4, 0.5) is 0 Å². The van der Waals surface area contributed by atoms with Gasteiger partial charge in [-0.3, -0.25) is 4.98 Å². The highest BCUT2D eigenvalue weighted by molar-refractivity contribution is 5.97. The van der Waals surface area contributed by atoms with Gasteiger partial charge in [-0.15, -0.1) is 0 Å². The lowest BCUT2D eigenvalue weighted by Crippen LogP contribution is -2.05. The van der Waals surface area contributed by atoms with Crippen LogP contribution in [0.5, 0.6) is 5.75 Å². The summed E-state index contributed by atoms with van der Waals surface area (Å²) in [7, 11) is 4.95. The van der Waals surface area contributed by atoms with Crippen molar-refractivity contribution in [1.82, 2.24) is 24.1 Å². The van der Waals surface area contributed by atoms with Crippen LogP contribution in [0.3, 0.4) is 0 Å². The minimum absolute atomic E-state index is 0.404. The van der Waals surface area contributed by atoms with E-state index in [2.05, 4.69) is 40.7 Å².